The molecule has 1 aliphatic rings. The fourth-order valence-electron chi connectivity index (χ4n) is 0.986. The van der Waals surface area contributed by atoms with E-state index in [1.165, 1.54) is 5.75 Å². The lowest BCUT2D eigenvalue weighted by molar-refractivity contribution is 0.770. The van der Waals surface area contributed by atoms with E-state index in [-0.39, 0.29) is 0 Å². The second-order valence-electron chi connectivity index (χ2n) is 2.81. The molecule has 0 aromatic heterocycles. The normalized spacial score (nSPS) is 39.6. The number of rotatable bonds is 0. The van der Waals surface area contributed by atoms with Crippen molar-refractivity contribution >= 4 is 10.2 Å². The van der Waals surface area contributed by atoms with Crippen LogP contribution in [0.2, 0.25) is 0 Å². The lowest BCUT2D eigenvalue weighted by Crippen LogP contribution is -2.24. The van der Waals surface area contributed by atoms with Crippen LogP contribution in [0.4, 0.5) is 0 Å². The summed E-state index contributed by atoms with van der Waals surface area (Å²) in [4.78, 5) is 0. The maximum atomic E-state index is 5.67. The molecule has 0 spiro atoms. The topological polar surface area (TPSA) is 38.0 Å². The van der Waals surface area contributed by atoms with Gasteiger partial charge in [-0.05, 0) is 12.5 Å². The molecular formula is C5H14N2S. The zero-order valence-electron chi connectivity index (χ0n) is 5.48. The van der Waals surface area contributed by atoms with Crippen LogP contribution in [0.3, 0.4) is 0 Å². The zero-order valence-corrected chi connectivity index (χ0v) is 6.29. The van der Waals surface area contributed by atoms with Gasteiger partial charge in [0.1, 0.15) is 0 Å². The van der Waals surface area contributed by atoms with Crippen LogP contribution in [-0.4, -0.2) is 30.9 Å². The molecule has 0 amide bonds. The van der Waals surface area contributed by atoms with Gasteiger partial charge in [0.25, 0.3) is 0 Å². The fourth-order valence-corrected chi connectivity index (χ4v) is 2.96. The van der Waals surface area contributed by atoms with E-state index in [9.17, 15) is 0 Å². The second-order valence-corrected chi connectivity index (χ2v) is 6.51. The van der Waals surface area contributed by atoms with Gasteiger partial charge in [-0.3, -0.25) is 4.72 Å². The highest BCUT2D eigenvalue weighted by molar-refractivity contribution is 8.31. The Hall–Kier alpha value is 0.270. The maximum absolute atomic E-state index is 5.67. The van der Waals surface area contributed by atoms with Crippen molar-refractivity contribution in [2.24, 2.45) is 5.73 Å². The molecule has 1 heterocycles. The highest BCUT2D eigenvalue weighted by Gasteiger charge is 2.22. The predicted octanol–water partition coefficient (Wildman–Crippen LogP) is -0.104. The summed E-state index contributed by atoms with van der Waals surface area (Å²) in [5, 5.41) is 0. The SMILES string of the molecule is CS1(C)CC(N)CN1. The molecule has 1 saturated heterocycles. The third kappa shape index (κ3) is 1.37. The number of nitrogens with two attached hydrogens (primary N) is 1. The van der Waals surface area contributed by atoms with E-state index >= 15 is 0 Å². The molecule has 8 heavy (non-hydrogen) atoms. The summed E-state index contributed by atoms with van der Waals surface area (Å²) in [7, 11) is -0.470. The zero-order chi connectivity index (χ0) is 6.20. The van der Waals surface area contributed by atoms with Gasteiger partial charge in [0, 0.05) is 18.3 Å². The molecule has 1 fully saturated rings. The Labute approximate surface area is 52.3 Å². The first kappa shape index (κ1) is 6.39. The molecule has 0 bridgehead atoms. The molecule has 3 heteroatoms. The van der Waals surface area contributed by atoms with E-state index in [0.29, 0.717) is 6.04 Å². The van der Waals surface area contributed by atoms with Crippen LogP contribution < -0.4 is 10.5 Å². The average molecular weight is 134 g/mol. The van der Waals surface area contributed by atoms with Crippen molar-refractivity contribution in [3.63, 3.8) is 0 Å². The van der Waals surface area contributed by atoms with E-state index in [2.05, 4.69) is 17.2 Å². The van der Waals surface area contributed by atoms with Crippen molar-refractivity contribution in [2.75, 3.05) is 24.8 Å². The third-order valence-electron chi connectivity index (χ3n) is 1.37. The Morgan fingerprint density at radius 1 is 1.62 bits per heavy atom. The highest BCUT2D eigenvalue weighted by atomic mass is 32.3. The van der Waals surface area contributed by atoms with Crippen LogP contribution in [0.25, 0.3) is 0 Å². The number of hydrogen-bond acceptors (Lipinski definition) is 2. The van der Waals surface area contributed by atoms with Crippen molar-refractivity contribution in [1.82, 2.24) is 4.72 Å². The molecule has 0 aromatic carbocycles. The van der Waals surface area contributed by atoms with Gasteiger partial charge in [-0.2, -0.15) is 10.2 Å². The van der Waals surface area contributed by atoms with Crippen molar-refractivity contribution < 1.29 is 0 Å². The average Bonchev–Trinajstić information content (AvgIpc) is 1.82. The molecule has 50 valence electrons. The monoisotopic (exact) mass is 134 g/mol. The van der Waals surface area contributed by atoms with E-state index in [1.54, 1.807) is 0 Å². The Morgan fingerprint density at radius 2 is 2.25 bits per heavy atom. The van der Waals surface area contributed by atoms with E-state index < -0.39 is 10.2 Å². The smallest absolute Gasteiger partial charge is 0.0262 e. The van der Waals surface area contributed by atoms with Crippen molar-refractivity contribution in [1.29, 1.82) is 0 Å². The minimum absolute atomic E-state index is 0.417. The minimum Gasteiger partial charge on any atom is -0.326 e. The molecular weight excluding hydrogens is 120 g/mol. The fraction of sp³-hybridized carbons (Fsp3) is 1.00. The van der Waals surface area contributed by atoms with Crippen LogP contribution >= 0.6 is 10.2 Å². The van der Waals surface area contributed by atoms with E-state index in [0.717, 1.165) is 6.54 Å². The van der Waals surface area contributed by atoms with Gasteiger partial charge in [-0.15, -0.1) is 0 Å². The van der Waals surface area contributed by atoms with Crippen LogP contribution in [0.5, 0.6) is 0 Å². The predicted molar refractivity (Wildman–Crippen MR) is 40.3 cm³/mol. The van der Waals surface area contributed by atoms with Crippen molar-refractivity contribution in [2.45, 2.75) is 6.04 Å². The Morgan fingerprint density at radius 3 is 2.38 bits per heavy atom. The van der Waals surface area contributed by atoms with Gasteiger partial charge in [0.05, 0.1) is 0 Å². The largest absolute Gasteiger partial charge is 0.326 e. The van der Waals surface area contributed by atoms with Gasteiger partial charge in [-0.1, -0.05) is 0 Å². The van der Waals surface area contributed by atoms with Crippen LogP contribution in [0, 0.1) is 0 Å². The summed E-state index contributed by atoms with van der Waals surface area (Å²) in [5.41, 5.74) is 5.67. The summed E-state index contributed by atoms with van der Waals surface area (Å²) < 4.78 is 3.40. The molecule has 1 aliphatic heterocycles. The standard InChI is InChI=1S/C5H14N2S/c1-8(2)4-5(6)3-7-8/h5,7H,3-4,6H2,1-2H3. The minimum atomic E-state index is -0.470. The second kappa shape index (κ2) is 1.90. The highest BCUT2D eigenvalue weighted by Crippen LogP contribution is 2.38. The summed E-state index contributed by atoms with van der Waals surface area (Å²) in [5.74, 6) is 1.19. The first-order chi connectivity index (χ1) is 3.60. The summed E-state index contributed by atoms with van der Waals surface area (Å²) >= 11 is 0. The maximum Gasteiger partial charge on any atom is 0.0262 e. The summed E-state index contributed by atoms with van der Waals surface area (Å²) in [6.45, 7) is 1.02. The van der Waals surface area contributed by atoms with Crippen molar-refractivity contribution in [3.8, 4) is 0 Å². The van der Waals surface area contributed by atoms with Gasteiger partial charge in [0.2, 0.25) is 0 Å². The molecule has 1 rings (SSSR count). The number of nitrogens with one attached hydrogen (secondary N) is 1. The van der Waals surface area contributed by atoms with Crippen LogP contribution in [0.1, 0.15) is 0 Å². The Bertz CT molecular complexity index is 92.4. The van der Waals surface area contributed by atoms with Gasteiger partial charge >= 0.3 is 0 Å². The summed E-state index contributed by atoms with van der Waals surface area (Å²) in [6, 6.07) is 0.417. The molecule has 0 radical (unpaired) electrons. The lowest BCUT2D eigenvalue weighted by Gasteiger charge is -2.24. The molecule has 3 N–H and O–H groups in total. The molecule has 0 aliphatic carbocycles. The molecule has 0 aromatic rings. The molecule has 0 saturated carbocycles. The van der Waals surface area contributed by atoms with Gasteiger partial charge in [-0.25, -0.2) is 0 Å². The van der Waals surface area contributed by atoms with Crippen LogP contribution in [0.15, 0.2) is 0 Å². The Kier molecular flexibility index (Phi) is 1.52. The first-order valence-electron chi connectivity index (χ1n) is 2.81. The van der Waals surface area contributed by atoms with Crippen molar-refractivity contribution in [3.05, 3.63) is 0 Å². The van der Waals surface area contributed by atoms with Gasteiger partial charge < -0.3 is 5.73 Å². The van der Waals surface area contributed by atoms with E-state index in [4.69, 9.17) is 5.73 Å². The quantitative estimate of drug-likeness (QED) is 0.485. The number of hydrogen-bond donors (Lipinski definition) is 2. The third-order valence-corrected chi connectivity index (χ3v) is 3.58. The lowest BCUT2D eigenvalue weighted by atomic mass is 10.4. The van der Waals surface area contributed by atoms with Gasteiger partial charge in [0.15, 0.2) is 0 Å². The Balaban J connectivity index is 2.44. The molecule has 1 unspecified atom stereocenters. The van der Waals surface area contributed by atoms with E-state index in [1.807, 2.05) is 0 Å². The molecule has 1 atom stereocenters. The van der Waals surface area contributed by atoms with Crippen LogP contribution in [-0.2, 0) is 0 Å². The first-order valence-corrected chi connectivity index (χ1v) is 5.43. The molecule has 2 nitrogen and oxygen atoms in total. The summed E-state index contributed by atoms with van der Waals surface area (Å²) in [6.07, 6.45) is 4.53.